The third kappa shape index (κ3) is 3.95. The van der Waals surface area contributed by atoms with Crippen molar-refractivity contribution in [1.29, 1.82) is 0 Å². The van der Waals surface area contributed by atoms with Gasteiger partial charge in [0.15, 0.2) is 0 Å². The second-order valence-electron chi connectivity index (χ2n) is 2.08. The molecule has 0 aromatic rings. The fourth-order valence-corrected chi connectivity index (χ4v) is 0.652. The number of allylic oxidation sites excluding steroid dienone is 2. The van der Waals surface area contributed by atoms with Crippen molar-refractivity contribution in [3.05, 3.63) is 11.6 Å². The van der Waals surface area contributed by atoms with Gasteiger partial charge in [-0.2, -0.15) is 0 Å². The molecule has 0 aromatic carbocycles. The monoisotopic (exact) mass is 126 g/mol. The second-order valence-corrected chi connectivity index (χ2v) is 2.08. The van der Waals surface area contributed by atoms with Crippen LogP contribution < -0.4 is 0 Å². The molecule has 0 saturated carbocycles. The van der Waals surface area contributed by atoms with E-state index in [0.717, 1.165) is 31.1 Å². The molecular formula is C8H14O. The maximum absolute atomic E-state index is 10.2. The maximum Gasteiger partial charge on any atom is 0.145 e. The third-order valence-electron chi connectivity index (χ3n) is 1.34. The Balaban J connectivity index is 3.45. The van der Waals surface area contributed by atoms with Crippen molar-refractivity contribution >= 4 is 6.29 Å². The summed E-state index contributed by atoms with van der Waals surface area (Å²) in [4.78, 5) is 10.2. The van der Waals surface area contributed by atoms with E-state index in [4.69, 9.17) is 0 Å². The number of aldehydes is 1. The van der Waals surface area contributed by atoms with E-state index in [0.29, 0.717) is 0 Å². The van der Waals surface area contributed by atoms with Crippen molar-refractivity contribution in [2.45, 2.75) is 33.1 Å². The van der Waals surface area contributed by atoms with Gasteiger partial charge >= 0.3 is 0 Å². The van der Waals surface area contributed by atoms with Crippen molar-refractivity contribution in [2.24, 2.45) is 0 Å². The van der Waals surface area contributed by atoms with Crippen molar-refractivity contribution < 1.29 is 4.79 Å². The Bertz CT molecular complexity index is 103. The first-order chi connectivity index (χ1) is 4.35. The van der Waals surface area contributed by atoms with Crippen molar-refractivity contribution in [3.8, 4) is 0 Å². The van der Waals surface area contributed by atoms with Crippen LogP contribution in [-0.2, 0) is 4.79 Å². The fourth-order valence-electron chi connectivity index (χ4n) is 0.652. The molecule has 0 atom stereocenters. The van der Waals surface area contributed by atoms with Crippen LogP contribution in [0.4, 0.5) is 0 Å². The molecule has 0 saturated heterocycles. The van der Waals surface area contributed by atoms with Gasteiger partial charge in [0, 0.05) is 0 Å². The standard InChI is InChI=1S/C8H14O/c1-3-5-6-8(4-2)7-9/h4,7H,3,5-6H2,1-2H3/b8-4+. The van der Waals surface area contributed by atoms with Crippen LogP contribution in [-0.4, -0.2) is 6.29 Å². The van der Waals surface area contributed by atoms with E-state index < -0.39 is 0 Å². The van der Waals surface area contributed by atoms with Crippen LogP contribution in [0, 0.1) is 0 Å². The van der Waals surface area contributed by atoms with Gasteiger partial charge < -0.3 is 0 Å². The summed E-state index contributed by atoms with van der Waals surface area (Å²) >= 11 is 0. The van der Waals surface area contributed by atoms with Gasteiger partial charge in [0.1, 0.15) is 6.29 Å². The van der Waals surface area contributed by atoms with Crippen LogP contribution in [0.1, 0.15) is 33.1 Å². The Morgan fingerprint density at radius 3 is 2.56 bits per heavy atom. The van der Waals surface area contributed by atoms with Gasteiger partial charge in [0.2, 0.25) is 0 Å². The van der Waals surface area contributed by atoms with Crippen molar-refractivity contribution in [3.63, 3.8) is 0 Å². The van der Waals surface area contributed by atoms with Gasteiger partial charge in [0.05, 0.1) is 0 Å². The summed E-state index contributed by atoms with van der Waals surface area (Å²) < 4.78 is 0. The van der Waals surface area contributed by atoms with Crippen LogP contribution in [0.2, 0.25) is 0 Å². The molecule has 0 aliphatic carbocycles. The third-order valence-corrected chi connectivity index (χ3v) is 1.34. The Hall–Kier alpha value is -0.590. The Kier molecular flexibility index (Phi) is 5.18. The Morgan fingerprint density at radius 2 is 2.22 bits per heavy atom. The largest absolute Gasteiger partial charge is 0.298 e. The van der Waals surface area contributed by atoms with Gasteiger partial charge in [-0.05, 0) is 25.3 Å². The molecular weight excluding hydrogens is 112 g/mol. The molecule has 0 amide bonds. The zero-order valence-electron chi connectivity index (χ0n) is 6.18. The molecule has 0 bridgehead atoms. The first-order valence-corrected chi connectivity index (χ1v) is 3.45. The lowest BCUT2D eigenvalue weighted by atomic mass is 10.1. The topological polar surface area (TPSA) is 17.1 Å². The number of hydrogen-bond acceptors (Lipinski definition) is 1. The first kappa shape index (κ1) is 8.41. The molecule has 1 heteroatoms. The van der Waals surface area contributed by atoms with Crippen LogP contribution in [0.5, 0.6) is 0 Å². The molecule has 0 radical (unpaired) electrons. The zero-order chi connectivity index (χ0) is 7.11. The average Bonchev–Trinajstić information content (AvgIpc) is 1.91. The molecule has 0 aromatic heterocycles. The van der Waals surface area contributed by atoms with Crippen LogP contribution in [0.25, 0.3) is 0 Å². The lowest BCUT2D eigenvalue weighted by Gasteiger charge is -1.93. The Labute approximate surface area is 56.8 Å². The molecule has 0 rings (SSSR count). The highest BCUT2D eigenvalue weighted by Gasteiger charge is 1.89. The average molecular weight is 126 g/mol. The number of hydrogen-bond donors (Lipinski definition) is 0. The summed E-state index contributed by atoms with van der Waals surface area (Å²) in [7, 11) is 0. The van der Waals surface area contributed by atoms with Gasteiger partial charge in [-0.15, -0.1) is 0 Å². The van der Waals surface area contributed by atoms with Crippen molar-refractivity contribution in [1.82, 2.24) is 0 Å². The minimum absolute atomic E-state index is 0.928. The molecule has 0 heterocycles. The Morgan fingerprint density at radius 1 is 1.56 bits per heavy atom. The summed E-state index contributed by atoms with van der Waals surface area (Å²) in [6, 6.07) is 0. The van der Waals surface area contributed by atoms with Gasteiger partial charge in [0.25, 0.3) is 0 Å². The quantitative estimate of drug-likeness (QED) is 0.417. The molecule has 0 aliphatic rings. The summed E-state index contributed by atoms with van der Waals surface area (Å²) in [5.74, 6) is 0. The normalized spacial score (nSPS) is 11.6. The second kappa shape index (κ2) is 5.54. The smallest absolute Gasteiger partial charge is 0.145 e. The van der Waals surface area contributed by atoms with Crippen molar-refractivity contribution in [2.75, 3.05) is 0 Å². The van der Waals surface area contributed by atoms with Crippen LogP contribution in [0.3, 0.4) is 0 Å². The predicted octanol–water partition coefficient (Wildman–Crippen LogP) is 2.32. The maximum atomic E-state index is 10.2. The van der Waals surface area contributed by atoms with Crippen LogP contribution >= 0.6 is 0 Å². The highest BCUT2D eigenvalue weighted by molar-refractivity contribution is 5.72. The van der Waals surface area contributed by atoms with E-state index >= 15 is 0 Å². The molecule has 0 N–H and O–H groups in total. The highest BCUT2D eigenvalue weighted by Crippen LogP contribution is 2.02. The lowest BCUT2D eigenvalue weighted by molar-refractivity contribution is -0.105. The van der Waals surface area contributed by atoms with Gasteiger partial charge in [-0.1, -0.05) is 19.4 Å². The summed E-state index contributed by atoms with van der Waals surface area (Å²) in [5.41, 5.74) is 0.928. The van der Waals surface area contributed by atoms with E-state index in [1.165, 1.54) is 0 Å². The number of rotatable bonds is 4. The molecule has 52 valence electrons. The predicted molar refractivity (Wildman–Crippen MR) is 39.3 cm³/mol. The van der Waals surface area contributed by atoms with E-state index in [2.05, 4.69) is 6.92 Å². The molecule has 0 aliphatic heterocycles. The van der Waals surface area contributed by atoms with E-state index in [1.54, 1.807) is 0 Å². The minimum atomic E-state index is 0.928. The van der Waals surface area contributed by atoms with E-state index in [-0.39, 0.29) is 0 Å². The van der Waals surface area contributed by atoms with Crippen LogP contribution in [0.15, 0.2) is 11.6 Å². The lowest BCUT2D eigenvalue weighted by Crippen LogP contribution is -1.82. The SMILES string of the molecule is C/C=C(/C=O)CCCC. The zero-order valence-corrected chi connectivity index (χ0v) is 6.18. The molecule has 0 spiro atoms. The van der Waals surface area contributed by atoms with E-state index in [9.17, 15) is 4.79 Å². The summed E-state index contributed by atoms with van der Waals surface area (Å²) in [5, 5.41) is 0. The molecule has 1 nitrogen and oxygen atoms in total. The van der Waals surface area contributed by atoms with Gasteiger partial charge in [-0.25, -0.2) is 0 Å². The first-order valence-electron chi connectivity index (χ1n) is 3.45. The van der Waals surface area contributed by atoms with Gasteiger partial charge in [-0.3, -0.25) is 4.79 Å². The minimum Gasteiger partial charge on any atom is -0.298 e. The molecule has 0 fully saturated rings. The number of unbranched alkanes of at least 4 members (excludes halogenated alkanes) is 1. The fraction of sp³-hybridized carbons (Fsp3) is 0.625. The molecule has 0 unspecified atom stereocenters. The highest BCUT2D eigenvalue weighted by atomic mass is 16.1. The molecule has 9 heavy (non-hydrogen) atoms. The van der Waals surface area contributed by atoms with E-state index in [1.807, 2.05) is 13.0 Å². The summed E-state index contributed by atoms with van der Waals surface area (Å²) in [6.07, 6.45) is 6.04. The number of carbonyl (C=O) groups excluding carboxylic acids is 1. The number of carbonyl (C=O) groups is 1. The summed E-state index contributed by atoms with van der Waals surface area (Å²) in [6.45, 7) is 4.03.